The van der Waals surface area contributed by atoms with Crippen LogP contribution in [0.25, 0.3) is 0 Å². The summed E-state index contributed by atoms with van der Waals surface area (Å²) in [6.07, 6.45) is 3.49. The highest BCUT2D eigenvalue weighted by Crippen LogP contribution is 2.40. The number of hydrogen-bond donors (Lipinski definition) is 0. The largest absolute Gasteiger partial charge is 0.422 e. The van der Waals surface area contributed by atoms with Crippen LogP contribution in [-0.4, -0.2) is 0 Å². The molecule has 1 aliphatic carbocycles. The standard InChI is InChI=1S/C18H21F5/c1-2-3-4-5-12-6-8-13(9-7-12)14-10-15(19)17(16(20)11-14)18(21,22)23/h2,10-13H,1,3-9H2. The van der Waals surface area contributed by atoms with Crippen LogP contribution in [0.3, 0.4) is 0 Å². The Balaban J connectivity index is 2.03. The van der Waals surface area contributed by atoms with Gasteiger partial charge in [0.1, 0.15) is 17.2 Å². The van der Waals surface area contributed by atoms with Gasteiger partial charge in [-0.3, -0.25) is 0 Å². The first-order valence-corrected chi connectivity index (χ1v) is 8.00. The lowest BCUT2D eigenvalue weighted by molar-refractivity contribution is -0.142. The van der Waals surface area contributed by atoms with Crippen molar-refractivity contribution in [2.45, 2.75) is 57.0 Å². The van der Waals surface area contributed by atoms with Crippen LogP contribution in [0.1, 0.15) is 62.0 Å². The summed E-state index contributed by atoms with van der Waals surface area (Å²) in [6.45, 7) is 3.68. The molecule has 1 saturated carbocycles. The Bertz CT molecular complexity index is 516. The highest BCUT2D eigenvalue weighted by atomic mass is 19.4. The predicted molar refractivity (Wildman–Crippen MR) is 80.1 cm³/mol. The van der Waals surface area contributed by atoms with Crippen molar-refractivity contribution in [3.8, 4) is 0 Å². The van der Waals surface area contributed by atoms with Crippen molar-refractivity contribution in [3.05, 3.63) is 47.5 Å². The Hall–Kier alpha value is -1.39. The number of halogens is 5. The molecule has 1 aromatic carbocycles. The summed E-state index contributed by atoms with van der Waals surface area (Å²) in [7, 11) is 0. The van der Waals surface area contributed by atoms with Gasteiger partial charge in [-0.25, -0.2) is 8.78 Å². The SMILES string of the molecule is C=CCCCC1CCC(c2cc(F)c(C(F)(F)F)c(F)c2)CC1. The van der Waals surface area contributed by atoms with Gasteiger partial charge < -0.3 is 0 Å². The van der Waals surface area contributed by atoms with E-state index in [0.717, 1.165) is 57.1 Å². The van der Waals surface area contributed by atoms with Crippen molar-refractivity contribution in [3.63, 3.8) is 0 Å². The first kappa shape index (κ1) is 18.0. The van der Waals surface area contributed by atoms with E-state index in [1.165, 1.54) is 0 Å². The third-order valence-electron chi connectivity index (χ3n) is 4.69. The first-order chi connectivity index (χ1) is 10.8. The summed E-state index contributed by atoms with van der Waals surface area (Å²) in [6, 6.07) is 1.71. The molecule has 0 aliphatic heterocycles. The second-order valence-corrected chi connectivity index (χ2v) is 6.29. The minimum absolute atomic E-state index is 0.0584. The normalized spacial score (nSPS) is 22.1. The highest BCUT2D eigenvalue weighted by Gasteiger charge is 2.38. The molecule has 0 radical (unpaired) electrons. The van der Waals surface area contributed by atoms with Crippen LogP contribution in [0.2, 0.25) is 0 Å². The lowest BCUT2D eigenvalue weighted by Crippen LogP contribution is -2.16. The third-order valence-corrected chi connectivity index (χ3v) is 4.69. The lowest BCUT2D eigenvalue weighted by Gasteiger charge is -2.29. The van der Waals surface area contributed by atoms with Gasteiger partial charge in [-0.05, 0) is 68.1 Å². The maximum absolute atomic E-state index is 13.7. The fourth-order valence-corrected chi connectivity index (χ4v) is 3.43. The number of hydrogen-bond acceptors (Lipinski definition) is 0. The van der Waals surface area contributed by atoms with Crippen molar-refractivity contribution in [1.29, 1.82) is 0 Å². The molecule has 0 nitrogen and oxygen atoms in total. The Labute approximate surface area is 133 Å². The first-order valence-electron chi connectivity index (χ1n) is 8.00. The molecular weight excluding hydrogens is 311 g/mol. The molecule has 0 heterocycles. The molecule has 1 aromatic rings. The van der Waals surface area contributed by atoms with E-state index in [9.17, 15) is 22.0 Å². The molecule has 0 aromatic heterocycles. The quantitative estimate of drug-likeness (QED) is 0.323. The number of allylic oxidation sites excluding steroid dienone is 1. The molecule has 1 fully saturated rings. The van der Waals surface area contributed by atoms with E-state index in [0.29, 0.717) is 11.5 Å². The fraction of sp³-hybridized carbons (Fsp3) is 0.556. The summed E-state index contributed by atoms with van der Waals surface area (Å²) < 4.78 is 65.1. The summed E-state index contributed by atoms with van der Waals surface area (Å²) in [5.74, 6) is -2.49. The van der Waals surface area contributed by atoms with Crippen molar-refractivity contribution in [2.75, 3.05) is 0 Å². The zero-order chi connectivity index (χ0) is 17.0. The predicted octanol–water partition coefficient (Wildman–Crippen LogP) is 6.61. The minimum atomic E-state index is -5.00. The van der Waals surface area contributed by atoms with E-state index < -0.39 is 23.4 Å². The van der Waals surface area contributed by atoms with Gasteiger partial charge in [0, 0.05) is 0 Å². The second kappa shape index (κ2) is 7.45. The molecule has 128 valence electrons. The van der Waals surface area contributed by atoms with E-state index in [-0.39, 0.29) is 5.92 Å². The van der Waals surface area contributed by atoms with Crippen LogP contribution >= 0.6 is 0 Å². The maximum Gasteiger partial charge on any atom is 0.422 e. The molecule has 0 saturated heterocycles. The average Bonchev–Trinajstić information content (AvgIpc) is 2.46. The van der Waals surface area contributed by atoms with Gasteiger partial charge in [0.15, 0.2) is 0 Å². The van der Waals surface area contributed by atoms with E-state index in [2.05, 4.69) is 6.58 Å². The summed E-state index contributed by atoms with van der Waals surface area (Å²) >= 11 is 0. The second-order valence-electron chi connectivity index (χ2n) is 6.29. The van der Waals surface area contributed by atoms with Crippen LogP contribution in [0.15, 0.2) is 24.8 Å². The molecule has 0 bridgehead atoms. The molecule has 23 heavy (non-hydrogen) atoms. The van der Waals surface area contributed by atoms with E-state index >= 15 is 0 Å². The smallest absolute Gasteiger partial charge is 0.206 e. The van der Waals surface area contributed by atoms with Gasteiger partial charge in [0.2, 0.25) is 0 Å². The van der Waals surface area contributed by atoms with Crippen molar-refractivity contribution in [1.82, 2.24) is 0 Å². The van der Waals surface area contributed by atoms with Crippen molar-refractivity contribution in [2.24, 2.45) is 5.92 Å². The highest BCUT2D eigenvalue weighted by molar-refractivity contribution is 5.30. The van der Waals surface area contributed by atoms with Crippen molar-refractivity contribution >= 4 is 0 Å². The molecule has 5 heteroatoms. The van der Waals surface area contributed by atoms with Crippen LogP contribution in [-0.2, 0) is 6.18 Å². The Morgan fingerprint density at radius 1 is 1.04 bits per heavy atom. The number of rotatable bonds is 5. The number of unbranched alkanes of at least 4 members (excludes halogenated alkanes) is 1. The topological polar surface area (TPSA) is 0 Å². The van der Waals surface area contributed by atoms with Gasteiger partial charge in [0.05, 0.1) is 0 Å². The Kier molecular flexibility index (Phi) is 5.82. The van der Waals surface area contributed by atoms with E-state index in [1.807, 2.05) is 6.08 Å². The molecule has 0 spiro atoms. The summed E-state index contributed by atoms with van der Waals surface area (Å²) in [5, 5.41) is 0. The summed E-state index contributed by atoms with van der Waals surface area (Å²) in [4.78, 5) is 0. The third kappa shape index (κ3) is 4.55. The lowest BCUT2D eigenvalue weighted by atomic mass is 9.77. The average molecular weight is 332 g/mol. The Morgan fingerprint density at radius 2 is 1.61 bits per heavy atom. The number of alkyl halides is 3. The number of benzene rings is 1. The van der Waals surface area contributed by atoms with Gasteiger partial charge in [-0.1, -0.05) is 12.5 Å². The van der Waals surface area contributed by atoms with Crippen molar-refractivity contribution < 1.29 is 22.0 Å². The molecule has 1 aliphatic rings. The zero-order valence-electron chi connectivity index (χ0n) is 12.9. The van der Waals surface area contributed by atoms with Crippen LogP contribution < -0.4 is 0 Å². The molecule has 0 unspecified atom stereocenters. The monoisotopic (exact) mass is 332 g/mol. The van der Waals surface area contributed by atoms with Gasteiger partial charge in [0.25, 0.3) is 0 Å². The molecule has 0 atom stereocenters. The summed E-state index contributed by atoms with van der Waals surface area (Å²) in [5.41, 5.74) is -1.45. The Morgan fingerprint density at radius 3 is 2.09 bits per heavy atom. The van der Waals surface area contributed by atoms with Crippen LogP contribution in [0, 0.1) is 17.6 Å². The van der Waals surface area contributed by atoms with E-state index in [4.69, 9.17) is 0 Å². The van der Waals surface area contributed by atoms with E-state index in [1.54, 1.807) is 0 Å². The van der Waals surface area contributed by atoms with Gasteiger partial charge in [-0.2, -0.15) is 13.2 Å². The molecule has 0 N–H and O–H groups in total. The fourth-order valence-electron chi connectivity index (χ4n) is 3.43. The molecular formula is C18H21F5. The van der Waals surface area contributed by atoms with Gasteiger partial charge >= 0.3 is 6.18 Å². The van der Waals surface area contributed by atoms with Gasteiger partial charge in [-0.15, -0.1) is 6.58 Å². The van der Waals surface area contributed by atoms with Crippen LogP contribution in [0.5, 0.6) is 0 Å². The molecule has 2 rings (SSSR count). The molecule has 0 amide bonds. The zero-order valence-corrected chi connectivity index (χ0v) is 12.9. The maximum atomic E-state index is 13.7. The van der Waals surface area contributed by atoms with Crippen LogP contribution in [0.4, 0.5) is 22.0 Å². The minimum Gasteiger partial charge on any atom is -0.206 e.